The smallest absolute Gasteiger partial charge is 0.186 e. The molecule has 1 aromatic rings. The van der Waals surface area contributed by atoms with Gasteiger partial charge in [0.1, 0.15) is 13.2 Å². The Balaban J connectivity index is 0.00000576. The molecule has 25 heavy (non-hydrogen) atoms. The minimum absolute atomic E-state index is 0. The lowest BCUT2D eigenvalue weighted by molar-refractivity contribution is -0.109. The second-order valence-corrected chi connectivity index (χ2v) is 7.21. The molecule has 0 aliphatic rings. The first-order chi connectivity index (χ1) is 11.5. The van der Waals surface area contributed by atoms with Crippen molar-refractivity contribution in [1.29, 1.82) is 0 Å². The summed E-state index contributed by atoms with van der Waals surface area (Å²) in [7, 11) is 0. The third-order valence-corrected chi connectivity index (χ3v) is 4.60. The minimum atomic E-state index is 0. The number of ether oxygens (including phenoxy) is 2. The number of rotatable bonds is 10. The van der Waals surface area contributed by atoms with Crippen LogP contribution in [-0.2, 0) is 21.1 Å². The maximum absolute atomic E-state index is 11.3. The van der Waals surface area contributed by atoms with Crippen molar-refractivity contribution in [2.75, 3.05) is 26.3 Å². The van der Waals surface area contributed by atoms with Crippen molar-refractivity contribution >= 4 is 46.2 Å². The summed E-state index contributed by atoms with van der Waals surface area (Å²) in [4.78, 5) is 22.6. The number of nitrogens with two attached hydrogens (primary N) is 2. The predicted molar refractivity (Wildman–Crippen MR) is 107 cm³/mol. The molecule has 1 rings (SSSR count). The predicted octanol–water partition coefficient (Wildman–Crippen LogP) is 2.34. The second-order valence-electron chi connectivity index (χ2n) is 4.90. The average molecular weight is 409 g/mol. The highest BCUT2D eigenvalue weighted by Crippen LogP contribution is 2.34. The molecule has 0 saturated carbocycles. The van der Waals surface area contributed by atoms with Crippen LogP contribution in [0.5, 0.6) is 11.5 Å². The van der Waals surface area contributed by atoms with Crippen molar-refractivity contribution in [1.82, 2.24) is 0 Å². The molecular formula is C16H25ClN2O4S2. The molecule has 0 saturated heterocycles. The van der Waals surface area contributed by atoms with Crippen molar-refractivity contribution in [2.45, 2.75) is 25.4 Å². The summed E-state index contributed by atoms with van der Waals surface area (Å²) in [6.45, 7) is 4.55. The van der Waals surface area contributed by atoms with Crippen LogP contribution in [0.3, 0.4) is 0 Å². The topological polar surface area (TPSA) is 105 Å². The van der Waals surface area contributed by atoms with Crippen LogP contribution < -0.4 is 20.9 Å². The molecule has 0 aliphatic carbocycles. The molecule has 0 amide bonds. The molecular weight excluding hydrogens is 384 g/mol. The summed E-state index contributed by atoms with van der Waals surface area (Å²) < 4.78 is 11.3. The quantitative estimate of drug-likeness (QED) is 0.607. The maximum Gasteiger partial charge on any atom is 0.186 e. The Hall–Kier alpha value is -0.930. The van der Waals surface area contributed by atoms with Gasteiger partial charge < -0.3 is 20.9 Å². The van der Waals surface area contributed by atoms with E-state index in [9.17, 15) is 9.59 Å². The fourth-order valence-corrected chi connectivity index (χ4v) is 3.09. The van der Waals surface area contributed by atoms with E-state index in [0.717, 1.165) is 11.1 Å². The first-order valence-electron chi connectivity index (χ1n) is 7.56. The van der Waals surface area contributed by atoms with Gasteiger partial charge in [-0.25, -0.2) is 0 Å². The molecule has 0 aliphatic heterocycles. The highest BCUT2D eigenvalue weighted by Gasteiger charge is 2.14. The lowest BCUT2D eigenvalue weighted by atomic mass is 10.1. The first kappa shape index (κ1) is 24.1. The van der Waals surface area contributed by atoms with Crippen LogP contribution in [0, 0.1) is 0 Å². The van der Waals surface area contributed by atoms with Gasteiger partial charge in [-0.2, -0.15) is 0 Å². The zero-order valence-electron chi connectivity index (χ0n) is 14.4. The van der Waals surface area contributed by atoms with E-state index in [1.54, 1.807) is 0 Å². The van der Waals surface area contributed by atoms with Crippen LogP contribution in [0.25, 0.3) is 0 Å². The van der Waals surface area contributed by atoms with Crippen LogP contribution in [0.15, 0.2) is 12.1 Å². The maximum atomic E-state index is 11.3. The van der Waals surface area contributed by atoms with E-state index in [0.29, 0.717) is 49.3 Å². The van der Waals surface area contributed by atoms with Crippen LogP contribution in [0.4, 0.5) is 0 Å². The van der Waals surface area contributed by atoms with Gasteiger partial charge in [-0.05, 0) is 23.3 Å². The van der Waals surface area contributed by atoms with Gasteiger partial charge in [0.2, 0.25) is 0 Å². The monoisotopic (exact) mass is 408 g/mol. The Morgan fingerprint density at radius 1 is 0.880 bits per heavy atom. The third kappa shape index (κ3) is 9.37. The van der Waals surface area contributed by atoms with Crippen LogP contribution in [0.2, 0.25) is 0 Å². The summed E-state index contributed by atoms with van der Waals surface area (Å²) in [5, 5.41) is 0.0705. The van der Waals surface area contributed by atoms with Gasteiger partial charge in [0, 0.05) is 38.4 Å². The summed E-state index contributed by atoms with van der Waals surface area (Å²) in [6, 6.07) is 3.71. The van der Waals surface area contributed by atoms with E-state index in [4.69, 9.17) is 20.9 Å². The van der Waals surface area contributed by atoms with E-state index >= 15 is 0 Å². The fourth-order valence-electron chi connectivity index (χ4n) is 1.83. The minimum Gasteiger partial charge on any atom is -0.488 e. The normalized spacial score (nSPS) is 10.1. The molecule has 6 nitrogen and oxygen atoms in total. The number of carbonyl (C=O) groups excluding carboxylic acids is 2. The number of halogens is 1. The van der Waals surface area contributed by atoms with Gasteiger partial charge in [0.25, 0.3) is 0 Å². The van der Waals surface area contributed by atoms with Crippen LogP contribution >= 0.6 is 35.9 Å². The largest absolute Gasteiger partial charge is 0.488 e. The van der Waals surface area contributed by atoms with Gasteiger partial charge in [0.05, 0.1) is 0 Å². The summed E-state index contributed by atoms with van der Waals surface area (Å²) in [5.41, 5.74) is 12.9. The highest BCUT2D eigenvalue weighted by atomic mass is 35.5. The highest BCUT2D eigenvalue weighted by molar-refractivity contribution is 8.13. The van der Waals surface area contributed by atoms with E-state index in [2.05, 4.69) is 0 Å². The molecule has 142 valence electrons. The summed E-state index contributed by atoms with van der Waals surface area (Å²) in [5.74, 6) is 2.17. The van der Waals surface area contributed by atoms with Crippen LogP contribution in [0.1, 0.15) is 25.0 Å². The standard InChI is InChI=1S/C16H24N2O4S2.ClH/c1-11(19)23-9-13-7-15(21-5-3-17)16(22-6-4-18)8-14(13)10-24-12(2)20;/h7-8H,3-6,9-10,17-18H2,1-2H3;1H. The van der Waals surface area contributed by atoms with Crippen molar-refractivity contribution in [3.05, 3.63) is 23.3 Å². The Morgan fingerprint density at radius 3 is 1.52 bits per heavy atom. The summed E-state index contributed by atoms with van der Waals surface area (Å²) >= 11 is 2.43. The lowest BCUT2D eigenvalue weighted by Gasteiger charge is -2.17. The van der Waals surface area contributed by atoms with Gasteiger partial charge in [-0.1, -0.05) is 23.5 Å². The first-order valence-corrected chi connectivity index (χ1v) is 9.53. The molecule has 1 aromatic carbocycles. The molecule has 0 atom stereocenters. The molecule has 0 radical (unpaired) electrons. The third-order valence-electron chi connectivity index (χ3n) is 2.88. The fraction of sp³-hybridized carbons (Fsp3) is 0.500. The molecule has 4 N–H and O–H groups in total. The van der Waals surface area contributed by atoms with E-state index < -0.39 is 0 Å². The molecule has 0 bridgehead atoms. The molecule has 0 fully saturated rings. The van der Waals surface area contributed by atoms with Crippen LogP contribution in [-0.4, -0.2) is 36.5 Å². The molecule has 0 aromatic heterocycles. The number of benzene rings is 1. The Labute approximate surface area is 163 Å². The number of carbonyl (C=O) groups is 2. The molecule has 0 heterocycles. The van der Waals surface area contributed by atoms with Gasteiger partial charge in [-0.15, -0.1) is 12.4 Å². The van der Waals surface area contributed by atoms with Crippen molar-refractivity contribution in [3.63, 3.8) is 0 Å². The molecule has 9 heteroatoms. The molecule has 0 spiro atoms. The second kappa shape index (κ2) is 13.3. The Bertz CT molecular complexity index is 524. The van der Waals surface area contributed by atoms with Crippen molar-refractivity contribution in [3.8, 4) is 11.5 Å². The Morgan fingerprint density at radius 2 is 1.24 bits per heavy atom. The van der Waals surface area contributed by atoms with Gasteiger partial charge >= 0.3 is 0 Å². The van der Waals surface area contributed by atoms with Crippen molar-refractivity contribution in [2.24, 2.45) is 11.5 Å². The van der Waals surface area contributed by atoms with Gasteiger partial charge in [0.15, 0.2) is 21.7 Å². The Kier molecular flexibility index (Phi) is 12.8. The van der Waals surface area contributed by atoms with E-state index in [-0.39, 0.29) is 22.6 Å². The average Bonchev–Trinajstić information content (AvgIpc) is 2.54. The van der Waals surface area contributed by atoms with Crippen molar-refractivity contribution < 1.29 is 19.1 Å². The number of hydrogen-bond donors (Lipinski definition) is 2. The zero-order chi connectivity index (χ0) is 17.9. The van der Waals surface area contributed by atoms with E-state index in [1.807, 2.05) is 12.1 Å². The van der Waals surface area contributed by atoms with E-state index in [1.165, 1.54) is 37.4 Å². The zero-order valence-corrected chi connectivity index (χ0v) is 16.9. The summed E-state index contributed by atoms with van der Waals surface area (Å²) in [6.07, 6.45) is 0. The van der Waals surface area contributed by atoms with Gasteiger partial charge in [-0.3, -0.25) is 9.59 Å². The molecule has 0 unspecified atom stereocenters. The number of hydrogen-bond acceptors (Lipinski definition) is 8. The lowest BCUT2D eigenvalue weighted by Crippen LogP contribution is -2.14. The SMILES string of the molecule is CC(=O)SCc1cc(OCCN)c(OCCN)cc1CSC(C)=O.Cl. The number of thioether (sulfide) groups is 2.